The number of nitrogen functional groups attached to an aromatic ring is 1. The van der Waals surface area contributed by atoms with E-state index in [0.717, 1.165) is 6.07 Å². The molecule has 5 heteroatoms. The SMILES string of the molecule is CN(C(=O)c1cc(N)ccc1F)c1cccc(O)c1. The minimum absolute atomic E-state index is 0.0326. The van der Waals surface area contributed by atoms with Crippen molar-refractivity contribution in [1.29, 1.82) is 0 Å². The molecule has 0 aromatic heterocycles. The zero-order valence-corrected chi connectivity index (χ0v) is 10.3. The quantitative estimate of drug-likeness (QED) is 0.815. The first-order valence-corrected chi connectivity index (χ1v) is 5.61. The lowest BCUT2D eigenvalue weighted by Crippen LogP contribution is -2.27. The first kappa shape index (κ1) is 12.9. The Morgan fingerprint density at radius 3 is 2.68 bits per heavy atom. The summed E-state index contributed by atoms with van der Waals surface area (Å²) in [6, 6.07) is 9.98. The normalized spacial score (nSPS) is 10.2. The Kier molecular flexibility index (Phi) is 3.37. The highest BCUT2D eigenvalue weighted by Gasteiger charge is 2.18. The lowest BCUT2D eigenvalue weighted by atomic mass is 10.1. The molecule has 0 aliphatic rings. The Morgan fingerprint density at radius 2 is 2.00 bits per heavy atom. The number of amides is 1. The lowest BCUT2D eigenvalue weighted by molar-refractivity contribution is 0.0989. The molecule has 0 unspecified atom stereocenters. The van der Waals surface area contributed by atoms with Crippen LogP contribution in [-0.2, 0) is 0 Å². The second-order valence-corrected chi connectivity index (χ2v) is 4.12. The molecule has 3 N–H and O–H groups in total. The molecule has 0 atom stereocenters. The third kappa shape index (κ3) is 2.65. The summed E-state index contributed by atoms with van der Waals surface area (Å²) < 4.78 is 13.6. The van der Waals surface area contributed by atoms with Gasteiger partial charge in [-0.25, -0.2) is 4.39 Å². The van der Waals surface area contributed by atoms with E-state index in [1.807, 2.05) is 0 Å². The van der Waals surface area contributed by atoms with E-state index < -0.39 is 11.7 Å². The topological polar surface area (TPSA) is 66.6 Å². The van der Waals surface area contributed by atoms with Gasteiger partial charge in [0, 0.05) is 24.5 Å². The largest absolute Gasteiger partial charge is 0.508 e. The van der Waals surface area contributed by atoms with Crippen molar-refractivity contribution in [2.45, 2.75) is 0 Å². The Balaban J connectivity index is 2.36. The molecule has 2 rings (SSSR count). The van der Waals surface area contributed by atoms with E-state index in [4.69, 9.17) is 5.73 Å². The molecule has 0 bridgehead atoms. The summed E-state index contributed by atoms with van der Waals surface area (Å²) >= 11 is 0. The van der Waals surface area contributed by atoms with Crippen molar-refractivity contribution < 1.29 is 14.3 Å². The number of phenolic OH excluding ortho intramolecular Hbond substituents is 1. The summed E-state index contributed by atoms with van der Waals surface area (Å²) in [6.45, 7) is 0. The molecule has 2 aromatic rings. The molecule has 0 aliphatic carbocycles. The minimum atomic E-state index is -0.633. The van der Waals surface area contributed by atoms with Crippen LogP contribution in [0.2, 0.25) is 0 Å². The van der Waals surface area contributed by atoms with Gasteiger partial charge in [-0.2, -0.15) is 0 Å². The van der Waals surface area contributed by atoms with Gasteiger partial charge < -0.3 is 15.7 Å². The van der Waals surface area contributed by atoms with E-state index in [2.05, 4.69) is 0 Å². The van der Waals surface area contributed by atoms with E-state index in [9.17, 15) is 14.3 Å². The van der Waals surface area contributed by atoms with Crippen molar-refractivity contribution in [2.24, 2.45) is 0 Å². The highest BCUT2D eigenvalue weighted by atomic mass is 19.1. The van der Waals surface area contributed by atoms with Crippen LogP contribution in [0.15, 0.2) is 42.5 Å². The van der Waals surface area contributed by atoms with Gasteiger partial charge in [-0.1, -0.05) is 6.07 Å². The molecule has 0 saturated carbocycles. The molecule has 0 spiro atoms. The van der Waals surface area contributed by atoms with Crippen LogP contribution in [0.1, 0.15) is 10.4 Å². The fourth-order valence-electron chi connectivity index (χ4n) is 1.71. The molecular formula is C14H13FN2O2. The fourth-order valence-corrected chi connectivity index (χ4v) is 1.71. The Labute approximate surface area is 109 Å². The van der Waals surface area contributed by atoms with Crippen molar-refractivity contribution in [3.05, 3.63) is 53.8 Å². The van der Waals surface area contributed by atoms with Crippen molar-refractivity contribution in [2.75, 3.05) is 17.7 Å². The molecular weight excluding hydrogens is 247 g/mol. The summed E-state index contributed by atoms with van der Waals surface area (Å²) in [4.78, 5) is 13.4. The number of carbonyl (C=O) groups is 1. The zero-order valence-electron chi connectivity index (χ0n) is 10.3. The minimum Gasteiger partial charge on any atom is -0.508 e. The number of carbonyl (C=O) groups excluding carboxylic acids is 1. The highest BCUT2D eigenvalue weighted by molar-refractivity contribution is 6.06. The summed E-state index contributed by atoms with van der Waals surface area (Å²) in [5.74, 6) is -1.13. The van der Waals surface area contributed by atoms with Gasteiger partial charge in [-0.05, 0) is 30.3 Å². The number of nitrogens with two attached hydrogens (primary N) is 1. The first-order valence-electron chi connectivity index (χ1n) is 5.61. The molecule has 1 amide bonds. The van der Waals surface area contributed by atoms with Gasteiger partial charge in [-0.3, -0.25) is 4.79 Å². The number of rotatable bonds is 2. The van der Waals surface area contributed by atoms with Crippen molar-refractivity contribution in [3.8, 4) is 5.75 Å². The average molecular weight is 260 g/mol. The highest BCUT2D eigenvalue weighted by Crippen LogP contribution is 2.22. The van der Waals surface area contributed by atoms with Gasteiger partial charge in [0.15, 0.2) is 0 Å². The van der Waals surface area contributed by atoms with Crippen LogP contribution in [0, 0.1) is 5.82 Å². The standard InChI is InChI=1S/C14H13FN2O2/c1-17(10-3-2-4-11(18)8-10)14(19)12-7-9(16)5-6-13(12)15/h2-8,18H,16H2,1H3. The number of benzene rings is 2. The van der Waals surface area contributed by atoms with Crippen molar-refractivity contribution in [3.63, 3.8) is 0 Å². The Morgan fingerprint density at radius 1 is 1.26 bits per heavy atom. The van der Waals surface area contributed by atoms with Gasteiger partial charge in [0.05, 0.1) is 5.56 Å². The molecule has 0 heterocycles. The van der Waals surface area contributed by atoms with Crippen LogP contribution in [0.3, 0.4) is 0 Å². The number of aromatic hydroxyl groups is 1. The van der Waals surface area contributed by atoms with E-state index in [1.54, 1.807) is 12.1 Å². The van der Waals surface area contributed by atoms with Crippen LogP contribution in [-0.4, -0.2) is 18.1 Å². The predicted molar refractivity (Wildman–Crippen MR) is 71.7 cm³/mol. The second kappa shape index (κ2) is 4.97. The first-order chi connectivity index (χ1) is 8.99. The lowest BCUT2D eigenvalue weighted by Gasteiger charge is -2.18. The summed E-state index contributed by atoms with van der Waals surface area (Å²) in [5.41, 5.74) is 6.22. The maximum Gasteiger partial charge on any atom is 0.261 e. The molecule has 19 heavy (non-hydrogen) atoms. The van der Waals surface area contributed by atoms with Gasteiger partial charge >= 0.3 is 0 Å². The van der Waals surface area contributed by atoms with Crippen LogP contribution < -0.4 is 10.6 Å². The van der Waals surface area contributed by atoms with E-state index >= 15 is 0 Å². The van der Waals surface area contributed by atoms with E-state index in [0.29, 0.717) is 11.4 Å². The fraction of sp³-hybridized carbons (Fsp3) is 0.0714. The van der Waals surface area contributed by atoms with Crippen LogP contribution in [0.4, 0.5) is 15.8 Å². The molecule has 2 aromatic carbocycles. The van der Waals surface area contributed by atoms with Crippen molar-refractivity contribution in [1.82, 2.24) is 0 Å². The Hall–Kier alpha value is -2.56. The molecule has 0 aliphatic heterocycles. The third-order valence-electron chi connectivity index (χ3n) is 2.74. The zero-order chi connectivity index (χ0) is 14.0. The number of hydrogen-bond donors (Lipinski definition) is 2. The molecule has 0 saturated heterocycles. The number of phenols is 1. The molecule has 98 valence electrons. The number of nitrogens with zero attached hydrogens (tertiary/aromatic N) is 1. The smallest absolute Gasteiger partial charge is 0.261 e. The van der Waals surface area contributed by atoms with Crippen LogP contribution in [0.25, 0.3) is 0 Å². The van der Waals surface area contributed by atoms with E-state index in [1.165, 1.54) is 36.2 Å². The molecule has 4 nitrogen and oxygen atoms in total. The maximum atomic E-state index is 13.6. The summed E-state index contributed by atoms with van der Waals surface area (Å²) in [5, 5.41) is 9.38. The second-order valence-electron chi connectivity index (χ2n) is 4.12. The van der Waals surface area contributed by atoms with E-state index in [-0.39, 0.29) is 11.3 Å². The van der Waals surface area contributed by atoms with Gasteiger partial charge in [0.25, 0.3) is 5.91 Å². The predicted octanol–water partition coefficient (Wildman–Crippen LogP) is 2.39. The van der Waals surface area contributed by atoms with Gasteiger partial charge in [-0.15, -0.1) is 0 Å². The number of hydrogen-bond acceptors (Lipinski definition) is 3. The summed E-state index contributed by atoms with van der Waals surface area (Å²) in [7, 11) is 1.50. The third-order valence-corrected chi connectivity index (χ3v) is 2.74. The monoisotopic (exact) mass is 260 g/mol. The van der Waals surface area contributed by atoms with Crippen LogP contribution in [0.5, 0.6) is 5.75 Å². The van der Waals surface area contributed by atoms with Gasteiger partial charge in [0.2, 0.25) is 0 Å². The summed E-state index contributed by atoms with van der Waals surface area (Å²) in [6.07, 6.45) is 0. The Bertz CT molecular complexity index is 629. The number of anilines is 2. The van der Waals surface area contributed by atoms with Crippen molar-refractivity contribution >= 4 is 17.3 Å². The van der Waals surface area contributed by atoms with Crippen LogP contribution >= 0.6 is 0 Å². The molecule has 0 fully saturated rings. The average Bonchev–Trinajstić information content (AvgIpc) is 2.40. The van der Waals surface area contributed by atoms with Gasteiger partial charge in [0.1, 0.15) is 11.6 Å². The number of halogens is 1. The maximum absolute atomic E-state index is 13.6. The molecule has 0 radical (unpaired) electrons.